The third-order valence-corrected chi connectivity index (χ3v) is 7.64. The van der Waals surface area contributed by atoms with Gasteiger partial charge < -0.3 is 25.2 Å². The normalized spacial score (nSPS) is 15.1. The van der Waals surface area contributed by atoms with Gasteiger partial charge in [0, 0.05) is 24.8 Å². The molecule has 0 saturated heterocycles. The summed E-state index contributed by atoms with van der Waals surface area (Å²) in [4.78, 5) is 0. The smallest absolute Gasteiger partial charge is 0.162 e. The molecule has 4 rings (SSSR count). The van der Waals surface area contributed by atoms with Crippen molar-refractivity contribution in [3.05, 3.63) is 82.4 Å². The van der Waals surface area contributed by atoms with Crippen LogP contribution in [0, 0.1) is 5.41 Å². The van der Waals surface area contributed by atoms with Crippen LogP contribution in [0.15, 0.2) is 54.6 Å². The molecular formula is C34H46N2O3. The van der Waals surface area contributed by atoms with Crippen LogP contribution in [0.1, 0.15) is 67.3 Å². The highest BCUT2D eigenvalue weighted by Crippen LogP contribution is 2.42. The van der Waals surface area contributed by atoms with Crippen molar-refractivity contribution in [1.82, 2.24) is 5.32 Å². The number of aryl methyl sites for hydroxylation is 2. The maximum Gasteiger partial charge on any atom is 0.162 e. The average Bonchev–Trinajstić information content (AvgIpc) is 2.93. The average molecular weight is 531 g/mol. The first-order chi connectivity index (χ1) is 18.8. The topological polar surface area (TPSA) is 62.8 Å². The van der Waals surface area contributed by atoms with Gasteiger partial charge >= 0.3 is 0 Å². The van der Waals surface area contributed by atoms with E-state index in [0.717, 1.165) is 75.3 Å². The quantitative estimate of drug-likeness (QED) is 0.222. The van der Waals surface area contributed by atoms with Gasteiger partial charge in [-0.1, -0.05) is 51.1 Å². The van der Waals surface area contributed by atoms with Crippen molar-refractivity contribution in [2.75, 3.05) is 39.2 Å². The molecule has 0 aliphatic heterocycles. The second-order valence-electron chi connectivity index (χ2n) is 12.0. The molecule has 0 bridgehead atoms. The number of anilines is 1. The Hall–Kier alpha value is -3.18. The molecule has 5 nitrogen and oxygen atoms in total. The number of methoxy groups -OCH3 is 2. The molecule has 0 unspecified atom stereocenters. The Morgan fingerprint density at radius 2 is 1.54 bits per heavy atom. The third kappa shape index (κ3) is 8.15. The van der Waals surface area contributed by atoms with Crippen LogP contribution in [0.2, 0.25) is 0 Å². The van der Waals surface area contributed by atoms with E-state index < -0.39 is 0 Å². The molecule has 3 aromatic carbocycles. The first-order valence-electron chi connectivity index (χ1n) is 14.3. The standard InChI is InChI=1S/C34H46N2O3/c1-34(2,3)23-35-18-16-25-10-8-24(9-11-25)7-6-17-36-31-22-33(39-5)32(38-4)21-30(31)28-13-12-27-20-29(37)15-14-26(27)19-28/h8-11,14-15,20-22,28,35-37H,6-7,12-13,16-19,23H2,1-5H3/t28-/m1/s1. The summed E-state index contributed by atoms with van der Waals surface area (Å²) in [6, 6.07) is 19.1. The van der Waals surface area contributed by atoms with E-state index in [-0.39, 0.29) is 0 Å². The van der Waals surface area contributed by atoms with Gasteiger partial charge in [-0.2, -0.15) is 0 Å². The van der Waals surface area contributed by atoms with Crippen LogP contribution in [0.5, 0.6) is 17.2 Å². The van der Waals surface area contributed by atoms with Crippen molar-refractivity contribution in [3.8, 4) is 17.2 Å². The van der Waals surface area contributed by atoms with Crippen LogP contribution in [0.3, 0.4) is 0 Å². The molecule has 0 saturated carbocycles. The first-order valence-corrected chi connectivity index (χ1v) is 14.3. The Bertz CT molecular complexity index is 1210. The molecule has 0 fully saturated rings. The highest BCUT2D eigenvalue weighted by molar-refractivity contribution is 5.62. The lowest BCUT2D eigenvalue weighted by Crippen LogP contribution is -2.28. The minimum absolute atomic E-state index is 0.322. The van der Waals surface area contributed by atoms with Gasteiger partial charge in [0.1, 0.15) is 5.75 Å². The number of nitrogens with one attached hydrogen (secondary N) is 2. The lowest BCUT2D eigenvalue weighted by molar-refractivity contribution is 0.354. The van der Waals surface area contributed by atoms with Gasteiger partial charge in [0.05, 0.1) is 14.2 Å². The van der Waals surface area contributed by atoms with Crippen LogP contribution in [0.4, 0.5) is 5.69 Å². The molecule has 0 heterocycles. The molecule has 0 spiro atoms. The molecule has 1 atom stereocenters. The van der Waals surface area contributed by atoms with Gasteiger partial charge in [-0.3, -0.25) is 0 Å². The van der Waals surface area contributed by atoms with Crippen LogP contribution < -0.4 is 20.1 Å². The summed E-state index contributed by atoms with van der Waals surface area (Å²) >= 11 is 0. The summed E-state index contributed by atoms with van der Waals surface area (Å²) in [5.41, 5.74) is 8.06. The van der Waals surface area contributed by atoms with Crippen molar-refractivity contribution < 1.29 is 14.6 Å². The van der Waals surface area contributed by atoms with Crippen molar-refractivity contribution >= 4 is 5.69 Å². The molecule has 5 heteroatoms. The predicted octanol–water partition coefficient (Wildman–Crippen LogP) is 6.90. The number of rotatable bonds is 12. The fraction of sp³-hybridized carbons (Fsp3) is 0.471. The molecule has 0 amide bonds. The van der Waals surface area contributed by atoms with Gasteiger partial charge in [-0.25, -0.2) is 0 Å². The molecular weight excluding hydrogens is 484 g/mol. The highest BCUT2D eigenvalue weighted by Gasteiger charge is 2.24. The van der Waals surface area contributed by atoms with Gasteiger partial charge in [-0.15, -0.1) is 0 Å². The van der Waals surface area contributed by atoms with E-state index in [1.54, 1.807) is 20.3 Å². The number of hydrogen-bond acceptors (Lipinski definition) is 5. The van der Waals surface area contributed by atoms with Crippen molar-refractivity contribution in [2.24, 2.45) is 5.41 Å². The molecule has 0 radical (unpaired) electrons. The summed E-state index contributed by atoms with van der Waals surface area (Å²) in [6.45, 7) is 9.73. The molecule has 0 aromatic heterocycles. The van der Waals surface area contributed by atoms with E-state index in [9.17, 15) is 5.11 Å². The number of ether oxygens (including phenoxy) is 2. The van der Waals surface area contributed by atoms with E-state index in [0.29, 0.717) is 17.1 Å². The molecule has 3 aromatic rings. The number of fused-ring (bicyclic) bond motifs is 1. The maximum atomic E-state index is 9.88. The van der Waals surface area contributed by atoms with Crippen LogP contribution in [0.25, 0.3) is 0 Å². The number of hydrogen-bond donors (Lipinski definition) is 3. The Kier molecular flexibility index (Phi) is 9.79. The zero-order valence-corrected chi connectivity index (χ0v) is 24.4. The van der Waals surface area contributed by atoms with Gasteiger partial charge in [0.15, 0.2) is 11.5 Å². The SMILES string of the molecule is COc1cc(NCCCc2ccc(CCNCC(C)(C)C)cc2)c([C@@H]2CCc3cc(O)ccc3C2)cc1OC. The van der Waals surface area contributed by atoms with Crippen molar-refractivity contribution in [1.29, 1.82) is 0 Å². The van der Waals surface area contributed by atoms with Gasteiger partial charge in [0.2, 0.25) is 0 Å². The third-order valence-electron chi connectivity index (χ3n) is 7.64. The number of benzene rings is 3. The zero-order valence-electron chi connectivity index (χ0n) is 24.4. The zero-order chi connectivity index (χ0) is 27.8. The largest absolute Gasteiger partial charge is 0.508 e. The minimum atomic E-state index is 0.322. The maximum absolute atomic E-state index is 9.88. The van der Waals surface area contributed by atoms with Crippen LogP contribution >= 0.6 is 0 Å². The highest BCUT2D eigenvalue weighted by atomic mass is 16.5. The van der Waals surface area contributed by atoms with E-state index >= 15 is 0 Å². The Morgan fingerprint density at radius 3 is 2.23 bits per heavy atom. The fourth-order valence-corrected chi connectivity index (χ4v) is 5.48. The lowest BCUT2D eigenvalue weighted by atomic mass is 9.79. The van der Waals surface area contributed by atoms with Gasteiger partial charge in [0.25, 0.3) is 0 Å². The van der Waals surface area contributed by atoms with E-state index in [1.165, 1.54) is 27.8 Å². The monoisotopic (exact) mass is 530 g/mol. The lowest BCUT2D eigenvalue weighted by Gasteiger charge is -2.28. The minimum Gasteiger partial charge on any atom is -0.508 e. The summed E-state index contributed by atoms with van der Waals surface area (Å²) in [5, 5.41) is 17.2. The first kappa shape index (κ1) is 28.8. The molecule has 3 N–H and O–H groups in total. The van der Waals surface area contributed by atoms with E-state index in [1.807, 2.05) is 6.07 Å². The van der Waals surface area contributed by atoms with Gasteiger partial charge in [-0.05, 0) is 102 Å². The van der Waals surface area contributed by atoms with E-state index in [4.69, 9.17) is 9.47 Å². The number of aromatic hydroxyl groups is 1. The second kappa shape index (κ2) is 13.3. The van der Waals surface area contributed by atoms with Crippen LogP contribution in [-0.2, 0) is 25.7 Å². The molecule has 39 heavy (non-hydrogen) atoms. The van der Waals surface area contributed by atoms with Crippen molar-refractivity contribution in [2.45, 2.75) is 65.2 Å². The summed E-state index contributed by atoms with van der Waals surface area (Å²) < 4.78 is 11.3. The molecule has 1 aliphatic rings. The van der Waals surface area contributed by atoms with Crippen molar-refractivity contribution in [3.63, 3.8) is 0 Å². The molecule has 210 valence electrons. The fourth-order valence-electron chi connectivity index (χ4n) is 5.48. The molecule has 1 aliphatic carbocycles. The summed E-state index contributed by atoms with van der Waals surface area (Å²) in [5.74, 6) is 2.25. The van der Waals surface area contributed by atoms with Crippen LogP contribution in [-0.4, -0.2) is 39.0 Å². The Morgan fingerprint density at radius 1 is 0.846 bits per heavy atom. The Balaban J connectivity index is 1.35. The number of phenols is 1. The predicted molar refractivity (Wildman–Crippen MR) is 162 cm³/mol. The summed E-state index contributed by atoms with van der Waals surface area (Å²) in [6.07, 6.45) is 6.11. The number of phenolic OH excluding ortho intramolecular Hbond substituents is 1. The van der Waals surface area contributed by atoms with E-state index in [2.05, 4.69) is 73.9 Å². The Labute approximate surface area is 234 Å². The summed E-state index contributed by atoms with van der Waals surface area (Å²) in [7, 11) is 3.39. The second-order valence-corrected chi connectivity index (χ2v) is 12.0.